The molecule has 0 aliphatic rings. The highest BCUT2D eigenvalue weighted by Crippen LogP contribution is 2.28. The molecule has 6 nitrogen and oxygen atoms in total. The third kappa shape index (κ3) is 3.35. The van der Waals surface area contributed by atoms with Crippen molar-refractivity contribution in [1.29, 1.82) is 5.26 Å². The van der Waals surface area contributed by atoms with Crippen LogP contribution in [0.2, 0.25) is 5.02 Å². The minimum atomic E-state index is -3.90. The van der Waals surface area contributed by atoms with E-state index in [1.54, 1.807) is 37.4 Å². The van der Waals surface area contributed by atoms with Gasteiger partial charge in [0.1, 0.15) is 0 Å². The van der Waals surface area contributed by atoms with Crippen LogP contribution in [0.15, 0.2) is 64.5 Å². The van der Waals surface area contributed by atoms with Crippen molar-refractivity contribution in [1.82, 2.24) is 15.1 Å². The Morgan fingerprint density at radius 3 is 2.65 bits per heavy atom. The van der Waals surface area contributed by atoms with Crippen LogP contribution in [0.5, 0.6) is 0 Å². The molecule has 0 atom stereocenters. The van der Waals surface area contributed by atoms with Crippen LogP contribution < -0.4 is 5.32 Å². The zero-order chi connectivity index (χ0) is 18.7. The van der Waals surface area contributed by atoms with E-state index in [0.717, 1.165) is 0 Å². The molecule has 26 heavy (non-hydrogen) atoms. The van der Waals surface area contributed by atoms with Gasteiger partial charge in [-0.25, -0.2) is 13.1 Å². The maximum Gasteiger partial charge on any atom is 0.224 e. The summed E-state index contributed by atoms with van der Waals surface area (Å²) in [5, 5.41) is 16.8. The van der Waals surface area contributed by atoms with Gasteiger partial charge >= 0.3 is 0 Å². The molecule has 0 unspecified atom stereocenters. The van der Waals surface area contributed by atoms with E-state index in [1.807, 2.05) is 6.07 Å². The van der Waals surface area contributed by atoms with Gasteiger partial charge in [-0.3, -0.25) is 0 Å². The van der Waals surface area contributed by atoms with Crippen molar-refractivity contribution in [3.05, 3.63) is 70.9 Å². The maximum absolute atomic E-state index is 13.2. The Kier molecular flexibility index (Phi) is 5.09. The lowest BCUT2D eigenvalue weighted by atomic mass is 10.2. The van der Waals surface area contributed by atoms with Gasteiger partial charge in [-0.05, 0) is 37.4 Å². The van der Waals surface area contributed by atoms with Gasteiger partial charge in [0.05, 0.1) is 32.9 Å². The SMILES string of the molecule is CNCc1cc(S(=O)(=O)c2cccc(C#N)c2)n(-c2ccccc2Cl)n1. The molecule has 1 aromatic heterocycles. The van der Waals surface area contributed by atoms with E-state index in [-0.39, 0.29) is 15.5 Å². The summed E-state index contributed by atoms with van der Waals surface area (Å²) < 4.78 is 27.7. The normalized spacial score (nSPS) is 11.3. The molecule has 8 heteroatoms. The lowest BCUT2D eigenvalue weighted by Gasteiger charge is -2.10. The monoisotopic (exact) mass is 386 g/mol. The second-order valence-corrected chi connectivity index (χ2v) is 7.81. The Hall–Kier alpha value is -2.66. The molecule has 0 saturated carbocycles. The molecule has 1 heterocycles. The van der Waals surface area contributed by atoms with Gasteiger partial charge in [0.25, 0.3) is 0 Å². The minimum Gasteiger partial charge on any atom is -0.314 e. The van der Waals surface area contributed by atoms with Crippen molar-refractivity contribution < 1.29 is 8.42 Å². The summed E-state index contributed by atoms with van der Waals surface area (Å²) in [5.41, 5.74) is 1.29. The van der Waals surface area contributed by atoms with Gasteiger partial charge in [0, 0.05) is 12.6 Å². The Bertz CT molecular complexity index is 1100. The fourth-order valence-corrected chi connectivity index (χ4v) is 4.17. The first-order chi connectivity index (χ1) is 12.5. The molecule has 3 aromatic rings. The number of benzene rings is 2. The van der Waals surface area contributed by atoms with Gasteiger partial charge in [0.2, 0.25) is 9.84 Å². The van der Waals surface area contributed by atoms with Crippen LogP contribution in [0.4, 0.5) is 0 Å². The Morgan fingerprint density at radius 2 is 1.96 bits per heavy atom. The number of aromatic nitrogens is 2. The van der Waals surface area contributed by atoms with E-state index in [0.29, 0.717) is 22.9 Å². The predicted molar refractivity (Wildman–Crippen MR) is 97.9 cm³/mol. The first-order valence-electron chi connectivity index (χ1n) is 7.71. The molecule has 0 aliphatic heterocycles. The molecule has 0 spiro atoms. The first kappa shape index (κ1) is 18.1. The van der Waals surface area contributed by atoms with Gasteiger partial charge in [-0.15, -0.1) is 0 Å². The lowest BCUT2D eigenvalue weighted by molar-refractivity contribution is 0.585. The van der Waals surface area contributed by atoms with Crippen LogP contribution in [0, 0.1) is 11.3 Å². The smallest absolute Gasteiger partial charge is 0.224 e. The topological polar surface area (TPSA) is 87.8 Å². The largest absolute Gasteiger partial charge is 0.314 e. The summed E-state index contributed by atoms with van der Waals surface area (Å²) in [6.45, 7) is 0.401. The maximum atomic E-state index is 13.2. The van der Waals surface area contributed by atoms with Crippen molar-refractivity contribution in [2.75, 3.05) is 7.05 Å². The summed E-state index contributed by atoms with van der Waals surface area (Å²) in [4.78, 5) is 0.0285. The predicted octanol–water partition coefficient (Wildman–Crippen LogP) is 2.95. The molecule has 0 amide bonds. The van der Waals surface area contributed by atoms with Crippen LogP contribution in [0.3, 0.4) is 0 Å². The van der Waals surface area contributed by atoms with Crippen LogP contribution in [0.25, 0.3) is 5.69 Å². The van der Waals surface area contributed by atoms with Gasteiger partial charge in [-0.2, -0.15) is 10.4 Å². The number of nitrogens with one attached hydrogen (secondary N) is 1. The van der Waals surface area contributed by atoms with E-state index in [1.165, 1.54) is 28.9 Å². The molecular weight excluding hydrogens is 372 g/mol. The number of para-hydroxylation sites is 1. The van der Waals surface area contributed by atoms with E-state index in [2.05, 4.69) is 10.4 Å². The molecule has 3 rings (SSSR count). The molecule has 0 saturated heterocycles. The zero-order valence-corrected chi connectivity index (χ0v) is 15.4. The van der Waals surface area contributed by atoms with E-state index in [4.69, 9.17) is 16.9 Å². The summed E-state index contributed by atoms with van der Waals surface area (Å²) in [6, 6.07) is 16.2. The van der Waals surface area contributed by atoms with Gasteiger partial charge in [-0.1, -0.05) is 29.8 Å². The zero-order valence-electron chi connectivity index (χ0n) is 13.8. The van der Waals surface area contributed by atoms with E-state index < -0.39 is 9.84 Å². The second kappa shape index (κ2) is 7.30. The molecule has 132 valence electrons. The minimum absolute atomic E-state index is 0.00839. The quantitative estimate of drug-likeness (QED) is 0.728. The van der Waals surface area contributed by atoms with Crippen LogP contribution in [0.1, 0.15) is 11.3 Å². The summed E-state index contributed by atoms with van der Waals surface area (Å²) >= 11 is 6.25. The average molecular weight is 387 g/mol. The number of nitrogens with zero attached hydrogens (tertiary/aromatic N) is 3. The fourth-order valence-electron chi connectivity index (χ4n) is 2.52. The summed E-state index contributed by atoms with van der Waals surface area (Å²) in [5.74, 6) is 0. The fraction of sp³-hybridized carbons (Fsp3) is 0.111. The van der Waals surface area contributed by atoms with Gasteiger partial charge < -0.3 is 5.32 Å². The highest BCUT2D eigenvalue weighted by atomic mass is 35.5. The Morgan fingerprint density at radius 1 is 1.19 bits per heavy atom. The van der Waals surface area contributed by atoms with Crippen molar-refractivity contribution in [2.24, 2.45) is 0 Å². The Labute approximate surface area is 156 Å². The first-order valence-corrected chi connectivity index (χ1v) is 9.57. The molecule has 2 aromatic carbocycles. The summed E-state index contributed by atoms with van der Waals surface area (Å²) in [6.07, 6.45) is 0. The van der Waals surface area contributed by atoms with Crippen molar-refractivity contribution >= 4 is 21.4 Å². The molecular formula is C18H15ClN4O2S. The van der Waals surface area contributed by atoms with Crippen molar-refractivity contribution in [3.63, 3.8) is 0 Å². The van der Waals surface area contributed by atoms with Crippen LogP contribution >= 0.6 is 11.6 Å². The molecule has 0 bridgehead atoms. The standard InChI is InChI=1S/C18H15ClN4O2S/c1-21-12-14-10-18(23(22-14)17-8-3-2-7-16(17)19)26(24,25)15-6-4-5-13(9-15)11-20/h2-10,21H,12H2,1H3. The third-order valence-corrected chi connectivity index (χ3v) is 5.75. The highest BCUT2D eigenvalue weighted by molar-refractivity contribution is 7.91. The average Bonchev–Trinajstić information content (AvgIpc) is 3.07. The summed E-state index contributed by atoms with van der Waals surface area (Å²) in [7, 11) is -2.15. The molecule has 1 N–H and O–H groups in total. The third-order valence-electron chi connectivity index (χ3n) is 3.71. The van der Waals surface area contributed by atoms with Crippen molar-refractivity contribution in [2.45, 2.75) is 16.5 Å². The molecule has 0 aliphatic carbocycles. The Balaban J connectivity index is 2.23. The van der Waals surface area contributed by atoms with Crippen molar-refractivity contribution in [3.8, 4) is 11.8 Å². The van der Waals surface area contributed by atoms with E-state index in [9.17, 15) is 8.42 Å². The van der Waals surface area contributed by atoms with Crippen LogP contribution in [-0.2, 0) is 16.4 Å². The number of hydrogen-bond donors (Lipinski definition) is 1. The number of sulfone groups is 1. The highest BCUT2D eigenvalue weighted by Gasteiger charge is 2.26. The van der Waals surface area contributed by atoms with E-state index >= 15 is 0 Å². The number of nitriles is 1. The number of hydrogen-bond acceptors (Lipinski definition) is 5. The van der Waals surface area contributed by atoms with Crippen LogP contribution in [-0.4, -0.2) is 25.2 Å². The second-order valence-electron chi connectivity index (χ2n) is 5.51. The number of rotatable bonds is 5. The van der Waals surface area contributed by atoms with Gasteiger partial charge in [0.15, 0.2) is 5.03 Å². The number of halogens is 1. The molecule has 0 radical (unpaired) electrons. The lowest BCUT2D eigenvalue weighted by Crippen LogP contribution is -2.10. The molecule has 0 fully saturated rings.